The van der Waals surface area contributed by atoms with E-state index in [2.05, 4.69) is 22.3 Å². The van der Waals surface area contributed by atoms with Gasteiger partial charge in [-0.15, -0.1) is 0 Å². The number of nitrogens with zero attached hydrogens (tertiary/aromatic N) is 2. The highest BCUT2D eigenvalue weighted by molar-refractivity contribution is 7.91. The van der Waals surface area contributed by atoms with Crippen molar-refractivity contribution in [2.75, 3.05) is 30.7 Å². The molecule has 2 amide bonds. The molecule has 2 heterocycles. The summed E-state index contributed by atoms with van der Waals surface area (Å²) >= 11 is 0. The summed E-state index contributed by atoms with van der Waals surface area (Å²) in [5.41, 5.74) is 2.64. The van der Waals surface area contributed by atoms with Gasteiger partial charge in [-0.2, -0.15) is 0 Å². The van der Waals surface area contributed by atoms with Crippen LogP contribution in [0.5, 0.6) is 0 Å². The fourth-order valence-electron chi connectivity index (χ4n) is 4.00. The topological polar surface area (TPSA) is 69.7 Å². The monoisotopic (exact) mass is 399 g/mol. The molecular weight excluding hydrogens is 374 g/mol. The van der Waals surface area contributed by atoms with Gasteiger partial charge in [0.1, 0.15) is 0 Å². The lowest BCUT2D eigenvalue weighted by atomic mass is 10.1. The molecule has 1 N–H and O–H groups in total. The number of carbonyl (C=O) groups is 1. The fraction of sp³-hybridized carbons (Fsp3) is 0.381. The van der Waals surface area contributed by atoms with E-state index in [4.69, 9.17) is 0 Å². The van der Waals surface area contributed by atoms with Gasteiger partial charge >= 0.3 is 6.03 Å². The SMILES string of the molecule is CC1CN(Cc2ccccc2)CCN1C(=O)Nc1ccc2c(c1)S(=O)(=O)CC2. The number of anilines is 1. The van der Waals surface area contributed by atoms with Crippen LogP contribution in [0.3, 0.4) is 0 Å². The van der Waals surface area contributed by atoms with E-state index in [-0.39, 0.29) is 17.8 Å². The molecule has 4 rings (SSSR count). The van der Waals surface area contributed by atoms with Gasteiger partial charge in [0.15, 0.2) is 9.84 Å². The molecule has 1 saturated heterocycles. The van der Waals surface area contributed by atoms with Crippen molar-refractivity contribution in [1.29, 1.82) is 0 Å². The first-order chi connectivity index (χ1) is 13.4. The first-order valence-corrected chi connectivity index (χ1v) is 11.3. The summed E-state index contributed by atoms with van der Waals surface area (Å²) in [5.74, 6) is 0.153. The lowest BCUT2D eigenvalue weighted by molar-refractivity contribution is 0.104. The predicted octanol–water partition coefficient (Wildman–Crippen LogP) is 2.75. The molecular formula is C21H25N3O3S. The molecule has 2 aromatic rings. The number of amides is 2. The summed E-state index contributed by atoms with van der Waals surface area (Å²) in [6, 6.07) is 15.4. The molecule has 0 aliphatic carbocycles. The Morgan fingerprint density at radius 3 is 2.68 bits per heavy atom. The molecule has 2 aromatic carbocycles. The number of piperazine rings is 1. The van der Waals surface area contributed by atoms with Gasteiger partial charge in [-0.1, -0.05) is 36.4 Å². The van der Waals surface area contributed by atoms with Crippen LogP contribution >= 0.6 is 0 Å². The van der Waals surface area contributed by atoms with Crippen LogP contribution in [0, 0.1) is 0 Å². The zero-order chi connectivity index (χ0) is 19.7. The maximum Gasteiger partial charge on any atom is 0.322 e. The molecule has 1 fully saturated rings. The smallest absolute Gasteiger partial charge is 0.319 e. The fourth-order valence-corrected chi connectivity index (χ4v) is 5.58. The van der Waals surface area contributed by atoms with Crippen molar-refractivity contribution in [2.45, 2.75) is 30.8 Å². The third-order valence-electron chi connectivity index (χ3n) is 5.52. The van der Waals surface area contributed by atoms with Crippen LogP contribution in [-0.2, 0) is 22.8 Å². The van der Waals surface area contributed by atoms with Gasteiger partial charge in [0.2, 0.25) is 0 Å². The number of benzene rings is 2. The van der Waals surface area contributed by atoms with Crippen molar-refractivity contribution < 1.29 is 13.2 Å². The highest BCUT2D eigenvalue weighted by Gasteiger charge is 2.29. The Bertz CT molecular complexity index is 976. The van der Waals surface area contributed by atoms with Crippen LogP contribution in [0.4, 0.5) is 10.5 Å². The molecule has 0 bridgehead atoms. The number of aryl methyl sites for hydroxylation is 1. The highest BCUT2D eigenvalue weighted by Crippen LogP contribution is 2.28. The Kier molecular flexibility index (Phi) is 5.12. The van der Waals surface area contributed by atoms with Gasteiger partial charge < -0.3 is 10.2 Å². The molecule has 2 aliphatic rings. The number of urea groups is 1. The number of nitrogens with one attached hydrogen (secondary N) is 1. The number of fused-ring (bicyclic) bond motifs is 1. The number of sulfone groups is 1. The number of rotatable bonds is 3. The number of hydrogen-bond donors (Lipinski definition) is 1. The van der Waals surface area contributed by atoms with Crippen LogP contribution in [0.25, 0.3) is 0 Å². The maximum absolute atomic E-state index is 12.8. The molecule has 148 valence electrons. The van der Waals surface area contributed by atoms with Crippen molar-refractivity contribution in [3.05, 3.63) is 59.7 Å². The van der Waals surface area contributed by atoms with Crippen LogP contribution in [0.1, 0.15) is 18.1 Å². The zero-order valence-electron chi connectivity index (χ0n) is 16.0. The van der Waals surface area contributed by atoms with Gasteiger partial charge in [-0.25, -0.2) is 13.2 Å². The van der Waals surface area contributed by atoms with E-state index in [1.807, 2.05) is 30.0 Å². The summed E-state index contributed by atoms with van der Waals surface area (Å²) < 4.78 is 24.2. The molecule has 0 radical (unpaired) electrons. The normalized spacial score (nSPS) is 21.3. The number of carbonyl (C=O) groups excluding carboxylic acids is 1. The van der Waals surface area contributed by atoms with Gasteiger partial charge in [-0.05, 0) is 36.6 Å². The average molecular weight is 400 g/mol. The van der Waals surface area contributed by atoms with Crippen LogP contribution < -0.4 is 5.32 Å². The molecule has 0 spiro atoms. The minimum atomic E-state index is -3.21. The Labute approximate surface area is 166 Å². The third kappa shape index (κ3) is 3.91. The maximum atomic E-state index is 12.8. The van der Waals surface area contributed by atoms with E-state index in [1.165, 1.54) is 5.56 Å². The van der Waals surface area contributed by atoms with E-state index in [9.17, 15) is 13.2 Å². The highest BCUT2D eigenvalue weighted by atomic mass is 32.2. The van der Waals surface area contributed by atoms with Crippen LogP contribution in [0.2, 0.25) is 0 Å². The first kappa shape index (κ1) is 19.0. The second kappa shape index (κ2) is 7.56. The lowest BCUT2D eigenvalue weighted by Gasteiger charge is -2.39. The Hall–Kier alpha value is -2.38. The Morgan fingerprint density at radius 1 is 1.14 bits per heavy atom. The summed E-state index contributed by atoms with van der Waals surface area (Å²) in [6.45, 7) is 5.18. The molecule has 2 aliphatic heterocycles. The standard InChI is InChI=1S/C21H25N3O3S/c1-16-14-23(15-17-5-3-2-4-6-17)10-11-24(16)21(25)22-19-8-7-18-9-12-28(26,27)20(18)13-19/h2-8,13,16H,9-12,14-15H2,1H3,(H,22,25). The van der Waals surface area contributed by atoms with E-state index >= 15 is 0 Å². The molecule has 6 nitrogen and oxygen atoms in total. The van der Waals surface area contributed by atoms with E-state index in [0.29, 0.717) is 23.5 Å². The number of hydrogen-bond acceptors (Lipinski definition) is 4. The van der Waals surface area contributed by atoms with Crippen LogP contribution in [-0.4, -0.2) is 55.7 Å². The first-order valence-electron chi connectivity index (χ1n) is 9.62. The largest absolute Gasteiger partial charge is 0.322 e. The minimum absolute atomic E-state index is 0.0793. The molecule has 1 atom stereocenters. The minimum Gasteiger partial charge on any atom is -0.319 e. The van der Waals surface area contributed by atoms with Gasteiger partial charge in [0.05, 0.1) is 10.6 Å². The van der Waals surface area contributed by atoms with Crippen molar-refractivity contribution in [3.63, 3.8) is 0 Å². The summed E-state index contributed by atoms with van der Waals surface area (Å²) in [5, 5.41) is 2.88. The summed E-state index contributed by atoms with van der Waals surface area (Å²) in [6.07, 6.45) is 0.548. The molecule has 0 saturated carbocycles. The molecule has 7 heteroatoms. The molecule has 1 unspecified atom stereocenters. The van der Waals surface area contributed by atoms with Gasteiger partial charge in [0.25, 0.3) is 0 Å². The van der Waals surface area contributed by atoms with E-state index in [1.54, 1.807) is 18.2 Å². The molecule has 28 heavy (non-hydrogen) atoms. The summed E-state index contributed by atoms with van der Waals surface area (Å²) in [4.78, 5) is 17.3. The Morgan fingerprint density at radius 2 is 1.93 bits per heavy atom. The van der Waals surface area contributed by atoms with Crippen molar-refractivity contribution in [3.8, 4) is 0 Å². The van der Waals surface area contributed by atoms with E-state index < -0.39 is 9.84 Å². The second-order valence-corrected chi connectivity index (χ2v) is 9.66. The van der Waals surface area contributed by atoms with Crippen LogP contribution in [0.15, 0.2) is 53.4 Å². The summed E-state index contributed by atoms with van der Waals surface area (Å²) in [7, 11) is -3.21. The quantitative estimate of drug-likeness (QED) is 0.862. The zero-order valence-corrected chi connectivity index (χ0v) is 16.8. The van der Waals surface area contributed by atoms with E-state index in [0.717, 1.165) is 25.2 Å². The van der Waals surface area contributed by atoms with Gasteiger partial charge in [0, 0.05) is 37.9 Å². The second-order valence-electron chi connectivity index (χ2n) is 7.58. The predicted molar refractivity (Wildman–Crippen MR) is 109 cm³/mol. The van der Waals surface area contributed by atoms with Crippen molar-refractivity contribution in [1.82, 2.24) is 9.80 Å². The van der Waals surface area contributed by atoms with Crippen molar-refractivity contribution in [2.24, 2.45) is 0 Å². The van der Waals surface area contributed by atoms with Crippen molar-refractivity contribution >= 4 is 21.6 Å². The van der Waals surface area contributed by atoms with Gasteiger partial charge in [-0.3, -0.25) is 4.90 Å². The lowest BCUT2D eigenvalue weighted by Crippen LogP contribution is -2.54. The Balaban J connectivity index is 1.38. The molecule has 0 aromatic heterocycles. The average Bonchev–Trinajstić information content (AvgIpc) is 2.97. The third-order valence-corrected chi connectivity index (χ3v) is 7.31.